The standard InChI is InChI=1S/C20H27N3O/c1-24-15-11-17-6-2-3-8-20(17)22-18-9-13-23(14-10-18)16-19-7-4-5-12-21-19/h2-8,12,18,22H,9-11,13-16H2,1H3. The zero-order valence-corrected chi connectivity index (χ0v) is 14.4. The number of ether oxygens (including phenoxy) is 1. The molecule has 128 valence electrons. The lowest BCUT2D eigenvalue weighted by atomic mass is 10.0. The topological polar surface area (TPSA) is 37.4 Å². The van der Waals surface area contributed by atoms with Crippen LogP contribution in [0.4, 0.5) is 5.69 Å². The molecule has 1 aromatic carbocycles. The second kappa shape index (κ2) is 8.81. The van der Waals surface area contributed by atoms with E-state index in [1.807, 2.05) is 12.3 Å². The fraction of sp³-hybridized carbons (Fsp3) is 0.450. The van der Waals surface area contributed by atoms with Crippen LogP contribution in [0.2, 0.25) is 0 Å². The molecule has 2 aromatic rings. The van der Waals surface area contributed by atoms with Gasteiger partial charge in [-0.05, 0) is 43.0 Å². The first-order chi connectivity index (χ1) is 11.8. The molecule has 4 nitrogen and oxygen atoms in total. The van der Waals surface area contributed by atoms with Gasteiger partial charge < -0.3 is 10.1 Å². The van der Waals surface area contributed by atoms with Crippen LogP contribution in [0.5, 0.6) is 0 Å². The molecular formula is C20H27N3O. The highest BCUT2D eigenvalue weighted by atomic mass is 16.5. The number of aromatic nitrogens is 1. The zero-order valence-electron chi connectivity index (χ0n) is 14.4. The summed E-state index contributed by atoms with van der Waals surface area (Å²) in [6, 6.07) is 15.3. The van der Waals surface area contributed by atoms with Crippen molar-refractivity contribution in [2.75, 3.05) is 32.1 Å². The molecule has 0 aliphatic carbocycles. The summed E-state index contributed by atoms with van der Waals surface area (Å²) >= 11 is 0. The maximum atomic E-state index is 5.22. The van der Waals surface area contributed by atoms with E-state index < -0.39 is 0 Å². The molecule has 0 unspecified atom stereocenters. The van der Waals surface area contributed by atoms with Gasteiger partial charge in [0.05, 0.1) is 12.3 Å². The number of benzene rings is 1. The molecule has 1 aromatic heterocycles. The van der Waals surface area contributed by atoms with E-state index in [4.69, 9.17) is 4.74 Å². The van der Waals surface area contributed by atoms with E-state index in [2.05, 4.69) is 51.6 Å². The van der Waals surface area contributed by atoms with Gasteiger partial charge in [0.25, 0.3) is 0 Å². The van der Waals surface area contributed by atoms with Crippen LogP contribution in [0.3, 0.4) is 0 Å². The Hall–Kier alpha value is -1.91. The van der Waals surface area contributed by atoms with Crippen LogP contribution in [0, 0.1) is 0 Å². The predicted molar refractivity (Wildman–Crippen MR) is 98.2 cm³/mol. The summed E-state index contributed by atoms with van der Waals surface area (Å²) in [4.78, 5) is 6.93. The number of anilines is 1. The first kappa shape index (κ1) is 16.9. The van der Waals surface area contributed by atoms with Gasteiger partial charge in [0.2, 0.25) is 0 Å². The average molecular weight is 325 g/mol. The molecule has 1 saturated heterocycles. The van der Waals surface area contributed by atoms with Gasteiger partial charge in [-0.15, -0.1) is 0 Å². The van der Waals surface area contributed by atoms with Crippen molar-refractivity contribution in [1.29, 1.82) is 0 Å². The van der Waals surface area contributed by atoms with Crippen molar-refractivity contribution in [3.63, 3.8) is 0 Å². The van der Waals surface area contributed by atoms with Crippen molar-refractivity contribution >= 4 is 5.69 Å². The van der Waals surface area contributed by atoms with Crippen molar-refractivity contribution in [3.8, 4) is 0 Å². The Bertz CT molecular complexity index is 609. The molecule has 24 heavy (non-hydrogen) atoms. The van der Waals surface area contributed by atoms with Crippen molar-refractivity contribution in [1.82, 2.24) is 9.88 Å². The number of hydrogen-bond acceptors (Lipinski definition) is 4. The highest BCUT2D eigenvalue weighted by Crippen LogP contribution is 2.21. The van der Waals surface area contributed by atoms with Gasteiger partial charge in [0, 0.05) is 44.7 Å². The Morgan fingerprint density at radius 3 is 2.67 bits per heavy atom. The number of methoxy groups -OCH3 is 1. The SMILES string of the molecule is COCCc1ccccc1NC1CCN(Cc2ccccn2)CC1. The van der Waals surface area contributed by atoms with Gasteiger partial charge >= 0.3 is 0 Å². The number of nitrogens with zero attached hydrogens (tertiary/aromatic N) is 2. The molecule has 3 rings (SSSR count). The van der Waals surface area contributed by atoms with E-state index in [9.17, 15) is 0 Å². The minimum absolute atomic E-state index is 0.550. The molecule has 4 heteroatoms. The Labute approximate surface area is 144 Å². The second-order valence-corrected chi connectivity index (χ2v) is 6.42. The Kier molecular flexibility index (Phi) is 6.21. The van der Waals surface area contributed by atoms with Crippen LogP contribution >= 0.6 is 0 Å². The fourth-order valence-electron chi connectivity index (χ4n) is 3.27. The molecule has 0 radical (unpaired) electrons. The van der Waals surface area contributed by atoms with Crippen LogP contribution in [0.15, 0.2) is 48.7 Å². The number of piperidine rings is 1. The van der Waals surface area contributed by atoms with Crippen molar-refractivity contribution < 1.29 is 4.74 Å². The summed E-state index contributed by atoms with van der Waals surface area (Å²) in [5.74, 6) is 0. The highest BCUT2D eigenvalue weighted by molar-refractivity contribution is 5.52. The van der Waals surface area contributed by atoms with E-state index >= 15 is 0 Å². The molecular weight excluding hydrogens is 298 g/mol. The van der Waals surface area contributed by atoms with Crippen LogP contribution in [0.25, 0.3) is 0 Å². The molecule has 0 bridgehead atoms. The molecule has 1 aliphatic heterocycles. The number of para-hydroxylation sites is 1. The maximum Gasteiger partial charge on any atom is 0.0543 e. The fourth-order valence-corrected chi connectivity index (χ4v) is 3.27. The van der Waals surface area contributed by atoms with E-state index in [0.717, 1.165) is 38.4 Å². The van der Waals surface area contributed by atoms with Crippen LogP contribution in [-0.4, -0.2) is 42.7 Å². The van der Waals surface area contributed by atoms with Crippen molar-refractivity contribution in [2.45, 2.75) is 31.8 Å². The second-order valence-electron chi connectivity index (χ2n) is 6.42. The number of likely N-dealkylation sites (tertiary alicyclic amines) is 1. The van der Waals surface area contributed by atoms with Crippen molar-refractivity contribution in [2.24, 2.45) is 0 Å². The molecule has 1 N–H and O–H groups in total. The predicted octanol–water partition coefficient (Wildman–Crippen LogP) is 3.35. The zero-order chi connectivity index (χ0) is 16.6. The third-order valence-electron chi connectivity index (χ3n) is 4.65. The maximum absolute atomic E-state index is 5.22. The van der Waals surface area contributed by atoms with E-state index in [-0.39, 0.29) is 0 Å². The molecule has 1 aliphatic rings. The van der Waals surface area contributed by atoms with Gasteiger partial charge in [-0.3, -0.25) is 9.88 Å². The van der Waals surface area contributed by atoms with Gasteiger partial charge in [-0.1, -0.05) is 24.3 Å². The lowest BCUT2D eigenvalue weighted by molar-refractivity contribution is 0.202. The minimum atomic E-state index is 0.550. The number of nitrogens with one attached hydrogen (secondary N) is 1. The van der Waals surface area contributed by atoms with Crippen LogP contribution < -0.4 is 5.32 Å². The monoisotopic (exact) mass is 325 g/mol. The van der Waals surface area contributed by atoms with Gasteiger partial charge in [-0.25, -0.2) is 0 Å². The van der Waals surface area contributed by atoms with Crippen LogP contribution in [-0.2, 0) is 17.7 Å². The van der Waals surface area contributed by atoms with Gasteiger partial charge in [0.1, 0.15) is 0 Å². The normalized spacial score (nSPS) is 16.2. The summed E-state index contributed by atoms with van der Waals surface area (Å²) in [6.07, 6.45) is 5.18. The number of hydrogen-bond donors (Lipinski definition) is 1. The molecule has 0 saturated carbocycles. The van der Waals surface area contributed by atoms with E-state index in [0.29, 0.717) is 6.04 Å². The van der Waals surface area contributed by atoms with Crippen molar-refractivity contribution in [3.05, 3.63) is 59.9 Å². The van der Waals surface area contributed by atoms with E-state index in [1.165, 1.54) is 24.1 Å². The smallest absolute Gasteiger partial charge is 0.0543 e. The van der Waals surface area contributed by atoms with E-state index in [1.54, 1.807) is 7.11 Å². The lowest BCUT2D eigenvalue weighted by Crippen LogP contribution is -2.39. The Balaban J connectivity index is 1.50. The lowest BCUT2D eigenvalue weighted by Gasteiger charge is -2.33. The summed E-state index contributed by atoms with van der Waals surface area (Å²) in [6.45, 7) is 3.96. The molecule has 0 atom stereocenters. The first-order valence-corrected chi connectivity index (χ1v) is 8.81. The highest BCUT2D eigenvalue weighted by Gasteiger charge is 2.20. The summed E-state index contributed by atoms with van der Waals surface area (Å²) in [7, 11) is 1.76. The summed E-state index contributed by atoms with van der Waals surface area (Å²) < 4.78 is 5.22. The first-order valence-electron chi connectivity index (χ1n) is 8.81. The third-order valence-corrected chi connectivity index (χ3v) is 4.65. The molecule has 0 amide bonds. The number of rotatable bonds is 7. The Morgan fingerprint density at radius 2 is 1.92 bits per heavy atom. The minimum Gasteiger partial charge on any atom is -0.384 e. The summed E-state index contributed by atoms with van der Waals surface area (Å²) in [5.41, 5.74) is 3.77. The third kappa shape index (κ3) is 4.79. The molecule has 1 fully saturated rings. The summed E-state index contributed by atoms with van der Waals surface area (Å²) in [5, 5.41) is 3.74. The Morgan fingerprint density at radius 1 is 1.12 bits per heavy atom. The van der Waals surface area contributed by atoms with Gasteiger partial charge in [-0.2, -0.15) is 0 Å². The largest absolute Gasteiger partial charge is 0.384 e. The quantitative estimate of drug-likeness (QED) is 0.847. The number of pyridine rings is 1. The molecule has 2 heterocycles. The van der Waals surface area contributed by atoms with Gasteiger partial charge in [0.15, 0.2) is 0 Å². The average Bonchev–Trinajstić information content (AvgIpc) is 2.63. The van der Waals surface area contributed by atoms with Crippen LogP contribution in [0.1, 0.15) is 24.1 Å². The molecule has 0 spiro atoms.